The maximum absolute atomic E-state index is 11.9. The smallest absolute Gasteiger partial charge is 0.309 e. The Morgan fingerprint density at radius 2 is 1.95 bits per heavy atom. The van der Waals surface area contributed by atoms with Crippen molar-refractivity contribution in [1.82, 2.24) is 0 Å². The maximum Gasteiger partial charge on any atom is 0.309 e. The van der Waals surface area contributed by atoms with Gasteiger partial charge < -0.3 is 10.2 Å². The lowest BCUT2D eigenvalue weighted by Gasteiger charge is -2.57. The largest absolute Gasteiger partial charge is 0.481 e. The number of hydrogen-bond acceptors (Lipinski definition) is 2. The molecule has 4 nitrogen and oxygen atoms in total. The minimum Gasteiger partial charge on any atom is -0.481 e. The Morgan fingerprint density at radius 1 is 1.27 bits per heavy atom. The van der Waals surface area contributed by atoms with Gasteiger partial charge in [-0.25, -0.2) is 0 Å². The molecular formula is C18H28O4. The zero-order valence-corrected chi connectivity index (χ0v) is 13.7. The molecule has 124 valence electrons. The summed E-state index contributed by atoms with van der Waals surface area (Å²) in [5.74, 6) is -1.03. The van der Waals surface area contributed by atoms with Crippen LogP contribution < -0.4 is 0 Å². The number of aliphatic carboxylic acids is 2. The van der Waals surface area contributed by atoms with Gasteiger partial charge in [0.1, 0.15) is 0 Å². The average molecular weight is 308 g/mol. The molecule has 1 unspecified atom stereocenters. The molecule has 2 fully saturated rings. The molecule has 2 aliphatic rings. The lowest BCUT2D eigenvalue weighted by atomic mass is 9.46. The van der Waals surface area contributed by atoms with Crippen LogP contribution in [0.2, 0.25) is 0 Å². The van der Waals surface area contributed by atoms with E-state index >= 15 is 0 Å². The first-order valence-corrected chi connectivity index (χ1v) is 8.34. The summed E-state index contributed by atoms with van der Waals surface area (Å²) >= 11 is 0. The molecule has 0 bridgehead atoms. The topological polar surface area (TPSA) is 74.6 Å². The normalized spacial score (nSPS) is 38.4. The number of fused-ring (bicyclic) bond motifs is 1. The number of hydrogen-bond donors (Lipinski definition) is 2. The van der Waals surface area contributed by atoms with Crippen LogP contribution in [0.25, 0.3) is 0 Å². The van der Waals surface area contributed by atoms with Gasteiger partial charge in [-0.15, -0.1) is 0 Å². The van der Waals surface area contributed by atoms with Crippen molar-refractivity contribution in [2.24, 2.45) is 22.7 Å². The molecule has 0 saturated heterocycles. The Kier molecular flexibility index (Phi) is 4.69. The summed E-state index contributed by atoms with van der Waals surface area (Å²) < 4.78 is 0. The molecule has 0 heterocycles. The van der Waals surface area contributed by atoms with Gasteiger partial charge in [-0.1, -0.05) is 25.5 Å². The fourth-order valence-corrected chi connectivity index (χ4v) is 5.20. The highest BCUT2D eigenvalue weighted by molar-refractivity contribution is 5.75. The van der Waals surface area contributed by atoms with Gasteiger partial charge in [0.05, 0.1) is 5.41 Å². The number of carbonyl (C=O) groups is 2. The molecule has 2 N–H and O–H groups in total. The zero-order valence-electron chi connectivity index (χ0n) is 13.7. The van der Waals surface area contributed by atoms with Crippen molar-refractivity contribution in [1.29, 1.82) is 0 Å². The second-order valence-electron chi connectivity index (χ2n) is 7.67. The van der Waals surface area contributed by atoms with Crippen LogP contribution in [0.3, 0.4) is 0 Å². The van der Waals surface area contributed by atoms with E-state index in [9.17, 15) is 14.7 Å². The van der Waals surface area contributed by atoms with Crippen molar-refractivity contribution in [2.75, 3.05) is 0 Å². The Balaban J connectivity index is 2.24. The third-order valence-electron chi connectivity index (χ3n) is 6.39. The average Bonchev–Trinajstić information content (AvgIpc) is 2.41. The van der Waals surface area contributed by atoms with Crippen LogP contribution in [0.1, 0.15) is 65.2 Å². The van der Waals surface area contributed by atoms with E-state index in [0.29, 0.717) is 6.42 Å². The van der Waals surface area contributed by atoms with Crippen molar-refractivity contribution >= 4 is 11.9 Å². The second kappa shape index (κ2) is 6.05. The molecule has 0 radical (unpaired) electrons. The third-order valence-corrected chi connectivity index (χ3v) is 6.39. The fourth-order valence-electron chi connectivity index (χ4n) is 5.20. The molecule has 2 aliphatic carbocycles. The van der Waals surface area contributed by atoms with Crippen molar-refractivity contribution in [3.8, 4) is 0 Å². The van der Waals surface area contributed by atoms with Gasteiger partial charge >= 0.3 is 11.9 Å². The van der Waals surface area contributed by atoms with E-state index in [4.69, 9.17) is 5.11 Å². The fraction of sp³-hybridized carbons (Fsp3) is 0.778. The van der Waals surface area contributed by atoms with Crippen molar-refractivity contribution in [3.63, 3.8) is 0 Å². The summed E-state index contributed by atoms with van der Waals surface area (Å²) in [4.78, 5) is 22.6. The van der Waals surface area contributed by atoms with E-state index in [1.54, 1.807) is 0 Å². The van der Waals surface area contributed by atoms with E-state index < -0.39 is 17.4 Å². The van der Waals surface area contributed by atoms with Crippen LogP contribution in [0.15, 0.2) is 12.2 Å². The summed E-state index contributed by atoms with van der Waals surface area (Å²) in [6.07, 6.45) is 6.11. The maximum atomic E-state index is 11.9. The molecule has 0 amide bonds. The number of rotatable bonds is 5. The standard InChI is InChI=1S/C18H28O4/c1-12-8-9-14-17(2,13(12)6-4-7-15(19)20)10-5-11-18(14,3)16(21)22/h13-14H,1,4-11H2,2-3H3,(H,19,20)(H,21,22)/t13-,14?,17+,18-/m0/s1. The molecule has 0 aliphatic heterocycles. The van der Waals surface area contributed by atoms with Gasteiger partial charge in [0.2, 0.25) is 0 Å². The minimum absolute atomic E-state index is 0.0563. The predicted octanol–water partition coefficient (Wildman–Crippen LogP) is 4.10. The molecule has 0 aromatic rings. The molecule has 4 atom stereocenters. The van der Waals surface area contributed by atoms with E-state index in [1.165, 1.54) is 5.57 Å². The Hall–Kier alpha value is -1.32. The SMILES string of the molecule is C=C1CCC2[C@](C)(CCC[C@]2(C)C(=O)O)[C@H]1CCCC(=O)O. The van der Waals surface area contributed by atoms with Crippen LogP contribution in [0.4, 0.5) is 0 Å². The molecule has 4 heteroatoms. The highest BCUT2D eigenvalue weighted by Gasteiger charge is 2.57. The van der Waals surface area contributed by atoms with Crippen molar-refractivity contribution in [2.45, 2.75) is 65.2 Å². The minimum atomic E-state index is -0.762. The first-order valence-electron chi connectivity index (χ1n) is 8.34. The molecule has 0 aromatic heterocycles. The molecular weight excluding hydrogens is 280 g/mol. The van der Waals surface area contributed by atoms with Crippen LogP contribution in [0.5, 0.6) is 0 Å². The van der Waals surface area contributed by atoms with Gasteiger partial charge in [0.15, 0.2) is 0 Å². The highest BCUT2D eigenvalue weighted by Crippen LogP contribution is 2.61. The van der Waals surface area contributed by atoms with E-state index in [1.807, 2.05) is 6.92 Å². The zero-order chi connectivity index (χ0) is 16.5. The molecule has 0 aromatic carbocycles. The molecule has 2 rings (SSSR count). The third kappa shape index (κ3) is 2.80. The monoisotopic (exact) mass is 308 g/mol. The summed E-state index contributed by atoms with van der Waals surface area (Å²) in [6.45, 7) is 8.35. The van der Waals surface area contributed by atoms with Crippen LogP contribution >= 0.6 is 0 Å². The molecule has 22 heavy (non-hydrogen) atoms. The summed E-state index contributed by atoms with van der Waals surface area (Å²) in [7, 11) is 0. The number of carboxylic acids is 2. The molecule has 2 saturated carbocycles. The summed E-state index contributed by atoms with van der Waals surface area (Å²) in [6, 6.07) is 0. The Morgan fingerprint density at radius 3 is 2.55 bits per heavy atom. The predicted molar refractivity (Wildman–Crippen MR) is 84.5 cm³/mol. The Labute approximate surface area is 132 Å². The van der Waals surface area contributed by atoms with E-state index in [0.717, 1.165) is 38.5 Å². The first kappa shape index (κ1) is 17.0. The van der Waals surface area contributed by atoms with Crippen LogP contribution in [-0.2, 0) is 9.59 Å². The van der Waals surface area contributed by atoms with E-state index in [-0.39, 0.29) is 23.7 Å². The highest BCUT2D eigenvalue weighted by atomic mass is 16.4. The van der Waals surface area contributed by atoms with Gasteiger partial charge in [-0.05, 0) is 62.7 Å². The lowest BCUT2D eigenvalue weighted by Crippen LogP contribution is -2.53. The van der Waals surface area contributed by atoms with Crippen LogP contribution in [0, 0.1) is 22.7 Å². The first-order chi connectivity index (χ1) is 10.2. The van der Waals surface area contributed by atoms with Crippen LogP contribution in [-0.4, -0.2) is 22.2 Å². The van der Waals surface area contributed by atoms with E-state index in [2.05, 4.69) is 13.5 Å². The van der Waals surface area contributed by atoms with Gasteiger partial charge in [-0.2, -0.15) is 0 Å². The number of allylic oxidation sites excluding steroid dienone is 1. The molecule has 0 spiro atoms. The van der Waals surface area contributed by atoms with Crippen molar-refractivity contribution < 1.29 is 19.8 Å². The number of carboxylic acid groups (broad SMARTS) is 2. The second-order valence-corrected chi connectivity index (χ2v) is 7.67. The van der Waals surface area contributed by atoms with Gasteiger partial charge in [0.25, 0.3) is 0 Å². The van der Waals surface area contributed by atoms with Gasteiger partial charge in [0, 0.05) is 6.42 Å². The van der Waals surface area contributed by atoms with Gasteiger partial charge in [-0.3, -0.25) is 9.59 Å². The summed E-state index contributed by atoms with van der Waals surface area (Å²) in [5, 5.41) is 18.6. The quantitative estimate of drug-likeness (QED) is 0.750. The van der Waals surface area contributed by atoms with Crippen molar-refractivity contribution in [3.05, 3.63) is 12.2 Å². The Bertz CT molecular complexity index is 483. The lowest BCUT2D eigenvalue weighted by molar-refractivity contribution is -0.164. The summed E-state index contributed by atoms with van der Waals surface area (Å²) in [5.41, 5.74) is 0.483.